The summed E-state index contributed by atoms with van der Waals surface area (Å²) >= 11 is 0. The van der Waals surface area contributed by atoms with Crippen LogP contribution in [0.15, 0.2) is 0 Å². The molecule has 2 rings (SSSR count). The Bertz CT molecular complexity index is 375. The zero-order valence-corrected chi connectivity index (χ0v) is 15.3. The lowest BCUT2D eigenvalue weighted by Crippen LogP contribution is -2.43. The summed E-state index contributed by atoms with van der Waals surface area (Å²) in [4.78, 5) is 14.1. The molecule has 2 aliphatic rings. The fourth-order valence-electron chi connectivity index (χ4n) is 3.50. The van der Waals surface area contributed by atoms with Crippen LogP contribution in [0, 0.1) is 5.92 Å². The third-order valence-corrected chi connectivity index (χ3v) is 4.85. The van der Waals surface area contributed by atoms with Crippen LogP contribution in [0.2, 0.25) is 0 Å². The fourth-order valence-corrected chi connectivity index (χ4v) is 3.50. The second-order valence-corrected chi connectivity index (χ2v) is 8.00. The molecular weight excluding hydrogens is 292 g/mol. The molecule has 0 unspecified atom stereocenters. The molecule has 23 heavy (non-hydrogen) atoms. The molecule has 2 saturated heterocycles. The summed E-state index contributed by atoms with van der Waals surface area (Å²) in [5, 5.41) is 3.80. The fraction of sp³-hybridized carbons (Fsp3) is 0.944. The number of hydrogen-bond donors (Lipinski definition) is 1. The van der Waals surface area contributed by atoms with Crippen LogP contribution >= 0.6 is 0 Å². The highest BCUT2D eigenvalue weighted by molar-refractivity contribution is 5.68. The van der Waals surface area contributed by atoms with Gasteiger partial charge in [-0.15, -0.1) is 0 Å². The predicted octanol–water partition coefficient (Wildman–Crippen LogP) is 3.18. The van der Waals surface area contributed by atoms with E-state index in [2.05, 4.69) is 12.2 Å². The lowest BCUT2D eigenvalue weighted by molar-refractivity contribution is 0.0255. The third kappa shape index (κ3) is 6.30. The first-order chi connectivity index (χ1) is 10.8. The van der Waals surface area contributed by atoms with Crippen LogP contribution in [0.1, 0.15) is 59.8 Å². The van der Waals surface area contributed by atoms with Gasteiger partial charge in [0.2, 0.25) is 0 Å². The number of nitrogens with zero attached hydrogens (tertiary/aromatic N) is 1. The van der Waals surface area contributed by atoms with Crippen LogP contribution in [0.4, 0.5) is 4.79 Å². The quantitative estimate of drug-likeness (QED) is 0.865. The molecule has 2 atom stereocenters. The number of carbonyl (C=O) groups is 1. The van der Waals surface area contributed by atoms with Crippen LogP contribution in [-0.4, -0.2) is 55.0 Å². The van der Waals surface area contributed by atoms with E-state index in [9.17, 15) is 4.79 Å². The van der Waals surface area contributed by atoms with Gasteiger partial charge in [0, 0.05) is 38.4 Å². The zero-order chi connectivity index (χ0) is 16.9. The molecule has 2 heterocycles. The van der Waals surface area contributed by atoms with Crippen molar-refractivity contribution >= 4 is 6.09 Å². The molecule has 0 aromatic heterocycles. The minimum absolute atomic E-state index is 0.171. The highest BCUT2D eigenvalue weighted by Crippen LogP contribution is 2.21. The van der Waals surface area contributed by atoms with Crippen LogP contribution in [0.5, 0.6) is 0 Å². The summed E-state index contributed by atoms with van der Waals surface area (Å²) in [7, 11) is 0. The SMILES string of the molecule is C[C@H](N[C@@H]1CCCN(C(=O)OC(C)(C)C)CC1)C1CCOCC1. The number of hydrogen-bond acceptors (Lipinski definition) is 4. The number of rotatable bonds is 3. The van der Waals surface area contributed by atoms with E-state index < -0.39 is 5.60 Å². The largest absolute Gasteiger partial charge is 0.444 e. The van der Waals surface area contributed by atoms with Crippen LogP contribution in [0.25, 0.3) is 0 Å². The van der Waals surface area contributed by atoms with Crippen molar-refractivity contribution in [2.75, 3.05) is 26.3 Å². The minimum atomic E-state index is -0.418. The molecule has 5 nitrogen and oxygen atoms in total. The van der Waals surface area contributed by atoms with E-state index in [-0.39, 0.29) is 6.09 Å². The Kier molecular flexibility index (Phi) is 6.72. The Hall–Kier alpha value is -0.810. The zero-order valence-electron chi connectivity index (χ0n) is 15.3. The Morgan fingerprint density at radius 1 is 1.17 bits per heavy atom. The number of likely N-dealkylation sites (tertiary alicyclic amines) is 1. The van der Waals surface area contributed by atoms with Gasteiger partial charge in [-0.05, 0) is 65.7 Å². The third-order valence-electron chi connectivity index (χ3n) is 4.85. The summed E-state index contributed by atoms with van der Waals surface area (Å²) in [6, 6.07) is 1.03. The van der Waals surface area contributed by atoms with Crippen LogP contribution in [-0.2, 0) is 9.47 Å². The molecule has 1 amide bonds. The van der Waals surface area contributed by atoms with Crippen molar-refractivity contribution in [1.29, 1.82) is 0 Å². The first kappa shape index (κ1) is 18.5. The van der Waals surface area contributed by atoms with Gasteiger partial charge in [-0.1, -0.05) is 0 Å². The molecule has 0 spiro atoms. The molecule has 0 aromatic rings. The van der Waals surface area contributed by atoms with Gasteiger partial charge >= 0.3 is 6.09 Å². The summed E-state index contributed by atoms with van der Waals surface area (Å²) in [5.41, 5.74) is -0.418. The number of ether oxygens (including phenoxy) is 2. The van der Waals surface area contributed by atoms with Crippen molar-refractivity contribution < 1.29 is 14.3 Å². The lowest BCUT2D eigenvalue weighted by atomic mass is 9.92. The molecule has 0 saturated carbocycles. The van der Waals surface area contributed by atoms with E-state index in [1.54, 1.807) is 0 Å². The smallest absolute Gasteiger partial charge is 0.410 e. The predicted molar refractivity (Wildman–Crippen MR) is 91.6 cm³/mol. The van der Waals surface area contributed by atoms with E-state index in [1.807, 2.05) is 25.7 Å². The molecule has 2 aliphatic heterocycles. The van der Waals surface area contributed by atoms with E-state index >= 15 is 0 Å². The normalized spacial score (nSPS) is 25.7. The summed E-state index contributed by atoms with van der Waals surface area (Å²) in [6.45, 7) is 11.4. The van der Waals surface area contributed by atoms with Crippen molar-refractivity contribution in [3.63, 3.8) is 0 Å². The van der Waals surface area contributed by atoms with Gasteiger partial charge in [-0.3, -0.25) is 0 Å². The van der Waals surface area contributed by atoms with E-state index in [0.717, 1.165) is 58.4 Å². The van der Waals surface area contributed by atoms with Crippen LogP contribution in [0.3, 0.4) is 0 Å². The Labute approximate surface area is 141 Å². The Morgan fingerprint density at radius 2 is 1.87 bits per heavy atom. The lowest BCUT2D eigenvalue weighted by Gasteiger charge is -2.31. The number of amides is 1. The van der Waals surface area contributed by atoms with Gasteiger partial charge in [0.25, 0.3) is 0 Å². The molecule has 0 radical (unpaired) electrons. The van der Waals surface area contributed by atoms with E-state index in [0.29, 0.717) is 18.0 Å². The molecule has 0 aliphatic carbocycles. The molecule has 0 bridgehead atoms. The molecule has 0 aromatic carbocycles. The summed E-state index contributed by atoms with van der Waals surface area (Å²) in [6.07, 6.45) is 5.32. The van der Waals surface area contributed by atoms with E-state index in [4.69, 9.17) is 9.47 Å². The highest BCUT2D eigenvalue weighted by Gasteiger charge is 2.27. The van der Waals surface area contributed by atoms with E-state index in [1.165, 1.54) is 0 Å². The van der Waals surface area contributed by atoms with Gasteiger partial charge < -0.3 is 19.7 Å². The molecule has 1 N–H and O–H groups in total. The average molecular weight is 326 g/mol. The second kappa shape index (κ2) is 8.34. The highest BCUT2D eigenvalue weighted by atomic mass is 16.6. The van der Waals surface area contributed by atoms with Crippen LogP contribution < -0.4 is 5.32 Å². The maximum Gasteiger partial charge on any atom is 0.410 e. The van der Waals surface area contributed by atoms with Crippen molar-refractivity contribution in [3.8, 4) is 0 Å². The first-order valence-electron chi connectivity index (χ1n) is 9.17. The molecule has 134 valence electrons. The maximum absolute atomic E-state index is 12.2. The monoisotopic (exact) mass is 326 g/mol. The van der Waals surface area contributed by atoms with Crippen molar-refractivity contribution in [3.05, 3.63) is 0 Å². The molecule has 5 heteroatoms. The number of nitrogens with one attached hydrogen (secondary N) is 1. The van der Waals surface area contributed by atoms with Gasteiger partial charge in [0.05, 0.1) is 0 Å². The summed E-state index contributed by atoms with van der Waals surface area (Å²) < 4.78 is 11.0. The van der Waals surface area contributed by atoms with Crippen molar-refractivity contribution in [2.45, 2.75) is 77.5 Å². The first-order valence-corrected chi connectivity index (χ1v) is 9.17. The van der Waals surface area contributed by atoms with Gasteiger partial charge in [0.15, 0.2) is 0 Å². The van der Waals surface area contributed by atoms with Crippen molar-refractivity contribution in [2.24, 2.45) is 5.92 Å². The van der Waals surface area contributed by atoms with Gasteiger partial charge in [0.1, 0.15) is 5.60 Å². The topological polar surface area (TPSA) is 50.8 Å². The van der Waals surface area contributed by atoms with Gasteiger partial charge in [-0.25, -0.2) is 4.79 Å². The van der Waals surface area contributed by atoms with Gasteiger partial charge in [-0.2, -0.15) is 0 Å². The Morgan fingerprint density at radius 3 is 2.52 bits per heavy atom. The molecular formula is C18H34N2O3. The van der Waals surface area contributed by atoms with Crippen molar-refractivity contribution in [1.82, 2.24) is 10.2 Å². The average Bonchev–Trinajstić information content (AvgIpc) is 2.72. The standard InChI is InChI=1S/C18H34N2O3/c1-14(15-8-12-22-13-9-15)19-16-6-5-10-20(11-7-16)17(21)23-18(2,3)4/h14-16,19H,5-13H2,1-4H3/t14-,16+/m0/s1. The maximum atomic E-state index is 12.2. The number of carbonyl (C=O) groups excluding carboxylic acids is 1. The second-order valence-electron chi connectivity index (χ2n) is 8.00. The molecule has 2 fully saturated rings. The Balaban J connectivity index is 1.78. The summed E-state index contributed by atoms with van der Waals surface area (Å²) in [5.74, 6) is 0.717. The minimum Gasteiger partial charge on any atom is -0.444 e.